The first-order valence-electron chi connectivity index (χ1n) is 19.9. The van der Waals surface area contributed by atoms with E-state index in [1.54, 1.807) is 50.2 Å². The number of carbonyl (C=O) groups is 2. The van der Waals surface area contributed by atoms with Crippen molar-refractivity contribution in [3.05, 3.63) is 126 Å². The summed E-state index contributed by atoms with van der Waals surface area (Å²) in [6.45, 7) is 3.84. The normalized spacial score (nSPS) is 14.4. The fraction of sp³-hybridized carbons (Fsp3) is 0.209. The van der Waals surface area contributed by atoms with Crippen LogP contribution in [0, 0.1) is 6.92 Å². The summed E-state index contributed by atoms with van der Waals surface area (Å²) in [6, 6.07) is 22.5. The topological polar surface area (TPSA) is 307 Å². The maximum absolute atomic E-state index is 13.5. The van der Waals surface area contributed by atoms with Crippen LogP contribution in [-0.2, 0) is 44.6 Å². The molecule has 6 aromatic rings. The molecule has 1 saturated heterocycles. The summed E-state index contributed by atoms with van der Waals surface area (Å²) in [7, 11) is -11.1. The Morgan fingerprint density at radius 3 is 1.80 bits per heavy atom. The fourth-order valence-electron chi connectivity index (χ4n) is 6.44. The molecule has 0 spiro atoms. The lowest BCUT2D eigenvalue weighted by molar-refractivity contribution is -0.0523. The van der Waals surface area contributed by atoms with E-state index in [1.165, 1.54) is 67.0 Å². The number of phenolic OH excluding ortho intramolecular Hbond substituents is 1. The molecule has 2 aromatic heterocycles. The summed E-state index contributed by atoms with van der Waals surface area (Å²) in [4.78, 5) is 43.0. The average Bonchev–Trinajstić information content (AvgIpc) is 3.27. The van der Waals surface area contributed by atoms with Crippen LogP contribution in [0.3, 0.4) is 0 Å². The van der Waals surface area contributed by atoms with E-state index >= 15 is 0 Å². The Labute approximate surface area is 379 Å². The minimum atomic E-state index is -4.22. The quantitative estimate of drug-likeness (QED) is 0.0642. The van der Waals surface area contributed by atoms with E-state index in [9.17, 15) is 36.1 Å². The molecule has 66 heavy (non-hydrogen) atoms. The number of nitrogens with zero attached hydrogens (tertiary/aromatic N) is 4. The highest BCUT2D eigenvalue weighted by Crippen LogP contribution is 2.49. The molecule has 23 heteroatoms. The molecule has 1 fully saturated rings. The monoisotopic (exact) mass is 957 g/mol. The largest absolute Gasteiger partial charge is 0.508 e. The molecule has 0 bridgehead atoms. The number of carbonyl (C=O) groups excluding carboxylic acids is 2. The van der Waals surface area contributed by atoms with Gasteiger partial charge in [0.15, 0.2) is 38.4 Å². The SMILES string of the molecule is COP(=O)(CS(=O)(=O)c1ccc(NC(=O)c2nc(-c3ccc(C)c(O)c3)cnc2N)cc1)OCCc1ccc(-c2cnc(N)c(C(=O)Nc3ccc(S(=O)(=O)NC4(C)COC4)cc3)n2)cc1. The van der Waals surface area contributed by atoms with Gasteiger partial charge in [0.1, 0.15) is 5.75 Å². The first-order valence-corrected chi connectivity index (χ1v) is 24.7. The minimum Gasteiger partial charge on any atom is -0.508 e. The number of aryl methyl sites for hydroxylation is 1. The molecule has 0 saturated carbocycles. The average molecular weight is 958 g/mol. The molecule has 1 aliphatic rings. The molecule has 4 aromatic carbocycles. The van der Waals surface area contributed by atoms with Crippen LogP contribution in [0.1, 0.15) is 39.0 Å². The summed E-state index contributed by atoms with van der Waals surface area (Å²) in [5, 5.41) is 15.4. The number of hydrogen-bond acceptors (Lipinski definition) is 17. The Bertz CT molecular complexity index is 3080. The number of phenols is 1. The second-order valence-corrected chi connectivity index (χ2v) is 21.7. The number of anilines is 4. The van der Waals surface area contributed by atoms with Crippen molar-refractivity contribution in [3.8, 4) is 28.3 Å². The number of benzene rings is 4. The van der Waals surface area contributed by atoms with Gasteiger partial charge >= 0.3 is 7.60 Å². The number of rotatable bonds is 17. The zero-order chi connectivity index (χ0) is 47.4. The third-order valence-electron chi connectivity index (χ3n) is 10.2. The number of amides is 2. The van der Waals surface area contributed by atoms with Gasteiger partial charge in [-0.2, -0.15) is 0 Å². The van der Waals surface area contributed by atoms with E-state index in [0.29, 0.717) is 33.8 Å². The Morgan fingerprint density at radius 1 is 0.788 bits per heavy atom. The van der Waals surface area contributed by atoms with Crippen molar-refractivity contribution in [1.82, 2.24) is 24.7 Å². The molecule has 7 rings (SSSR count). The predicted octanol–water partition coefficient (Wildman–Crippen LogP) is 5.18. The maximum Gasteiger partial charge on any atom is 0.345 e. The van der Waals surface area contributed by atoms with Crippen molar-refractivity contribution in [1.29, 1.82) is 0 Å². The summed E-state index contributed by atoms with van der Waals surface area (Å²) >= 11 is 0. The van der Waals surface area contributed by atoms with Crippen LogP contribution in [0.2, 0.25) is 0 Å². The standard InChI is InChI=1S/C43H44N9O11PS2/c1-26-4-7-29(20-36(26)53)35-22-47-40(45)38(51-35)42(55)48-30-10-14-32(15-11-30)65(57,58)25-64(56,61-3)63-19-18-27-5-8-28(9-6-27)34-21-46-39(44)37(50-34)41(54)49-31-12-16-33(17-13-31)66(59,60)52-43(2)23-62-24-43/h4-17,20-22,52-53H,18-19,23-25H2,1-3H3,(H2,44,46)(H2,45,47)(H,48,55)(H,49,54). The van der Waals surface area contributed by atoms with Gasteiger partial charge in [-0.05, 0) is 86.0 Å². The van der Waals surface area contributed by atoms with E-state index in [0.717, 1.165) is 12.7 Å². The number of aromatic hydroxyl groups is 1. The summed E-state index contributed by atoms with van der Waals surface area (Å²) in [6.07, 6.45) is 2.99. The van der Waals surface area contributed by atoms with E-state index in [-0.39, 0.29) is 70.5 Å². The third kappa shape index (κ3) is 11.1. The maximum atomic E-state index is 13.5. The van der Waals surface area contributed by atoms with Crippen LogP contribution < -0.4 is 26.8 Å². The molecule has 2 amide bonds. The Balaban J connectivity index is 0.921. The van der Waals surface area contributed by atoms with Gasteiger partial charge in [0.2, 0.25) is 10.0 Å². The number of nitrogens with two attached hydrogens (primary N) is 2. The number of sulfonamides is 1. The second-order valence-electron chi connectivity index (χ2n) is 15.4. The number of aromatic nitrogens is 4. The van der Waals surface area contributed by atoms with Crippen LogP contribution in [-0.4, -0.2) is 91.7 Å². The molecular weight excluding hydrogens is 914 g/mol. The molecule has 344 valence electrons. The van der Waals surface area contributed by atoms with Crippen molar-refractivity contribution in [2.75, 3.05) is 54.5 Å². The van der Waals surface area contributed by atoms with Crippen LogP contribution >= 0.6 is 7.60 Å². The highest BCUT2D eigenvalue weighted by Gasteiger charge is 2.38. The molecule has 0 radical (unpaired) electrons. The predicted molar refractivity (Wildman–Crippen MR) is 245 cm³/mol. The molecule has 8 N–H and O–H groups in total. The summed E-state index contributed by atoms with van der Waals surface area (Å²) in [5.41, 5.74) is 13.6. The smallest absolute Gasteiger partial charge is 0.345 e. The van der Waals surface area contributed by atoms with E-state index in [4.69, 9.17) is 25.3 Å². The van der Waals surface area contributed by atoms with Crippen LogP contribution in [0.15, 0.2) is 113 Å². The molecular formula is C43H44N9O11PS2. The Morgan fingerprint density at radius 2 is 1.30 bits per heavy atom. The fourth-order valence-corrected chi connectivity index (χ4v) is 11.8. The van der Waals surface area contributed by atoms with Crippen LogP contribution in [0.4, 0.5) is 23.0 Å². The Kier molecular flexibility index (Phi) is 13.7. The zero-order valence-electron chi connectivity index (χ0n) is 35.6. The van der Waals surface area contributed by atoms with E-state index < -0.39 is 50.3 Å². The minimum absolute atomic E-state index is 0.0146. The van der Waals surface area contributed by atoms with Crippen LogP contribution in [0.25, 0.3) is 22.5 Å². The van der Waals surface area contributed by atoms with Gasteiger partial charge in [0.05, 0.1) is 58.9 Å². The van der Waals surface area contributed by atoms with Gasteiger partial charge < -0.3 is 41.0 Å². The number of ether oxygens (including phenoxy) is 1. The lowest BCUT2D eigenvalue weighted by atomic mass is 10.0. The van der Waals surface area contributed by atoms with Crippen LogP contribution in [0.5, 0.6) is 5.75 Å². The van der Waals surface area contributed by atoms with Gasteiger partial charge in [-0.15, -0.1) is 0 Å². The van der Waals surface area contributed by atoms with Crippen molar-refractivity contribution < 1.29 is 49.9 Å². The molecule has 1 atom stereocenters. The second kappa shape index (κ2) is 19.1. The summed E-state index contributed by atoms with van der Waals surface area (Å²) < 4.78 is 84.1. The van der Waals surface area contributed by atoms with Crippen molar-refractivity contribution >= 4 is 62.3 Å². The molecule has 1 aliphatic heterocycles. The van der Waals surface area contributed by atoms with Gasteiger partial charge in [0.25, 0.3) is 11.8 Å². The van der Waals surface area contributed by atoms with Crippen molar-refractivity contribution in [2.45, 2.75) is 35.6 Å². The van der Waals surface area contributed by atoms with Crippen molar-refractivity contribution in [3.63, 3.8) is 0 Å². The van der Waals surface area contributed by atoms with Gasteiger partial charge in [-0.1, -0.05) is 36.4 Å². The third-order valence-corrected chi connectivity index (χ3v) is 16.6. The number of hydrogen-bond donors (Lipinski definition) is 6. The first kappa shape index (κ1) is 47.3. The molecule has 1 unspecified atom stereocenters. The van der Waals surface area contributed by atoms with E-state index in [2.05, 4.69) is 35.3 Å². The zero-order valence-corrected chi connectivity index (χ0v) is 38.1. The lowest BCUT2D eigenvalue weighted by Gasteiger charge is -2.38. The van der Waals surface area contributed by atoms with Gasteiger partial charge in [-0.25, -0.2) is 41.5 Å². The summed E-state index contributed by atoms with van der Waals surface area (Å²) in [5.74, 6) is -1.61. The van der Waals surface area contributed by atoms with Crippen molar-refractivity contribution in [2.24, 2.45) is 0 Å². The number of nitrogen functional groups attached to an aromatic ring is 2. The molecule has 0 aliphatic carbocycles. The molecule has 3 heterocycles. The lowest BCUT2D eigenvalue weighted by Crippen LogP contribution is -2.59. The highest BCUT2D eigenvalue weighted by molar-refractivity contribution is 7.97. The first-order chi connectivity index (χ1) is 31.2. The Hall–Kier alpha value is -6.65. The van der Waals surface area contributed by atoms with Gasteiger partial charge in [0, 0.05) is 29.6 Å². The molecule has 20 nitrogen and oxygen atoms in total. The van der Waals surface area contributed by atoms with Gasteiger partial charge in [-0.3, -0.25) is 14.2 Å². The number of nitrogens with one attached hydrogen (secondary N) is 3. The highest BCUT2D eigenvalue weighted by atomic mass is 32.2. The number of sulfone groups is 1. The van der Waals surface area contributed by atoms with E-state index in [1.807, 2.05) is 0 Å².